The van der Waals surface area contributed by atoms with E-state index in [1.807, 2.05) is 0 Å². The molecule has 2 fully saturated rings. The molecular weight excluding hydrogens is 292 g/mol. The Balaban J connectivity index is 1.64. The van der Waals surface area contributed by atoms with Gasteiger partial charge in [-0.3, -0.25) is 19.3 Å². The number of carbonyl (C=O) groups is 3. The van der Waals surface area contributed by atoms with Crippen LogP contribution < -0.4 is 10.2 Å². The van der Waals surface area contributed by atoms with Crippen molar-refractivity contribution in [1.82, 2.24) is 0 Å². The molecule has 3 aliphatic carbocycles. The Hall–Kier alpha value is -2.43. The van der Waals surface area contributed by atoms with Gasteiger partial charge >= 0.3 is 0 Å². The molecular formula is C18H18N2O3. The Labute approximate surface area is 134 Å². The molecule has 2 bridgehead atoms. The number of nitrogens with one attached hydrogen (secondary N) is 1. The molecule has 0 radical (unpaired) electrons. The number of rotatable bonds is 2. The maximum Gasteiger partial charge on any atom is 0.238 e. The van der Waals surface area contributed by atoms with E-state index in [1.165, 1.54) is 11.8 Å². The quantitative estimate of drug-likeness (QED) is 0.673. The van der Waals surface area contributed by atoms with Crippen LogP contribution in [0.1, 0.15) is 19.8 Å². The monoisotopic (exact) mass is 310 g/mol. The van der Waals surface area contributed by atoms with E-state index in [0.717, 1.165) is 12.8 Å². The van der Waals surface area contributed by atoms with E-state index in [1.54, 1.807) is 24.3 Å². The summed E-state index contributed by atoms with van der Waals surface area (Å²) in [6, 6.07) is 6.86. The van der Waals surface area contributed by atoms with Crippen molar-refractivity contribution in [1.29, 1.82) is 0 Å². The Morgan fingerprint density at radius 1 is 1.00 bits per heavy atom. The smallest absolute Gasteiger partial charge is 0.238 e. The molecule has 1 aromatic carbocycles. The van der Waals surface area contributed by atoms with Gasteiger partial charge in [-0.1, -0.05) is 12.2 Å². The fraction of sp³-hybridized carbons (Fsp3) is 0.389. The average Bonchev–Trinajstić information content (AvgIpc) is 2.83. The molecule has 118 valence electrons. The van der Waals surface area contributed by atoms with Crippen LogP contribution in [0.2, 0.25) is 0 Å². The van der Waals surface area contributed by atoms with Gasteiger partial charge in [-0.2, -0.15) is 0 Å². The van der Waals surface area contributed by atoms with Gasteiger partial charge in [0.25, 0.3) is 0 Å². The standard InChI is InChI=1S/C18H18N2O3/c1-10(21)19-13-6-8-14(9-7-13)20-17(22)15-11-2-3-12(5-4-11)16(15)18(20)23/h2-3,6-9,11-12,15-16H,4-5H2,1H3,(H,19,21). The summed E-state index contributed by atoms with van der Waals surface area (Å²) in [5.41, 5.74) is 1.24. The van der Waals surface area contributed by atoms with Crippen LogP contribution in [0.25, 0.3) is 0 Å². The van der Waals surface area contributed by atoms with Crippen LogP contribution in [0, 0.1) is 23.7 Å². The zero-order valence-electron chi connectivity index (χ0n) is 12.9. The lowest BCUT2D eigenvalue weighted by molar-refractivity contribution is -0.124. The first-order chi connectivity index (χ1) is 11.1. The fourth-order valence-electron chi connectivity index (χ4n) is 4.23. The SMILES string of the molecule is CC(=O)Nc1ccc(N2C(=O)C3C4C=CC(CC4)C3C2=O)cc1. The third-order valence-corrected chi connectivity index (χ3v) is 5.21. The number of carbonyl (C=O) groups excluding carboxylic acids is 3. The molecule has 5 rings (SSSR count). The average molecular weight is 310 g/mol. The van der Waals surface area contributed by atoms with Crippen LogP contribution in [0.4, 0.5) is 11.4 Å². The Morgan fingerprint density at radius 3 is 1.96 bits per heavy atom. The highest BCUT2D eigenvalue weighted by atomic mass is 16.2. The number of hydrogen-bond donors (Lipinski definition) is 1. The number of benzene rings is 1. The summed E-state index contributed by atoms with van der Waals surface area (Å²) in [4.78, 5) is 38.0. The molecule has 1 aromatic rings. The number of allylic oxidation sites excluding steroid dienone is 2. The topological polar surface area (TPSA) is 66.5 Å². The highest BCUT2D eigenvalue weighted by Gasteiger charge is 2.56. The van der Waals surface area contributed by atoms with Crippen molar-refractivity contribution in [2.45, 2.75) is 19.8 Å². The summed E-state index contributed by atoms with van der Waals surface area (Å²) < 4.78 is 0. The Bertz CT molecular complexity index is 690. The molecule has 5 nitrogen and oxygen atoms in total. The van der Waals surface area contributed by atoms with Crippen LogP contribution in [-0.2, 0) is 14.4 Å². The first-order valence-corrected chi connectivity index (χ1v) is 8.00. The van der Waals surface area contributed by atoms with Crippen molar-refractivity contribution in [2.24, 2.45) is 23.7 Å². The molecule has 1 heterocycles. The van der Waals surface area contributed by atoms with Gasteiger partial charge in [0.05, 0.1) is 17.5 Å². The molecule has 4 unspecified atom stereocenters. The zero-order valence-corrected chi connectivity index (χ0v) is 12.9. The van der Waals surface area contributed by atoms with E-state index in [4.69, 9.17) is 0 Å². The number of hydrogen-bond acceptors (Lipinski definition) is 3. The number of nitrogens with zero attached hydrogens (tertiary/aromatic N) is 1. The van der Waals surface area contributed by atoms with Crippen LogP contribution in [-0.4, -0.2) is 17.7 Å². The maximum atomic E-state index is 12.8. The van der Waals surface area contributed by atoms with Crippen LogP contribution in [0.3, 0.4) is 0 Å². The van der Waals surface area contributed by atoms with Crippen molar-refractivity contribution in [3.05, 3.63) is 36.4 Å². The third-order valence-electron chi connectivity index (χ3n) is 5.21. The molecule has 3 amide bonds. The molecule has 4 aliphatic rings. The summed E-state index contributed by atoms with van der Waals surface area (Å²) in [5.74, 6) is -0.296. The van der Waals surface area contributed by atoms with E-state index < -0.39 is 0 Å². The minimum absolute atomic E-state index is 0.0775. The highest BCUT2D eigenvalue weighted by Crippen LogP contribution is 2.50. The van der Waals surface area contributed by atoms with Gasteiger partial charge in [-0.05, 0) is 48.9 Å². The van der Waals surface area contributed by atoms with Gasteiger partial charge in [0.2, 0.25) is 17.7 Å². The minimum Gasteiger partial charge on any atom is -0.326 e. The molecule has 4 atom stereocenters. The predicted molar refractivity (Wildman–Crippen MR) is 85.6 cm³/mol. The van der Waals surface area contributed by atoms with Gasteiger partial charge < -0.3 is 5.32 Å². The maximum absolute atomic E-state index is 12.8. The molecule has 1 saturated heterocycles. The molecule has 1 N–H and O–H groups in total. The van der Waals surface area contributed by atoms with Crippen molar-refractivity contribution < 1.29 is 14.4 Å². The lowest BCUT2D eigenvalue weighted by Crippen LogP contribution is -2.38. The Morgan fingerprint density at radius 2 is 1.52 bits per heavy atom. The molecule has 0 aromatic heterocycles. The molecule has 5 heteroatoms. The van der Waals surface area contributed by atoms with E-state index in [9.17, 15) is 14.4 Å². The number of fused-ring (bicyclic) bond motifs is 1. The second-order valence-corrected chi connectivity index (χ2v) is 6.58. The molecule has 1 aliphatic heterocycles. The summed E-state index contributed by atoms with van der Waals surface area (Å²) in [7, 11) is 0. The van der Waals surface area contributed by atoms with Crippen molar-refractivity contribution in [3.63, 3.8) is 0 Å². The second kappa shape index (κ2) is 5.05. The highest BCUT2D eigenvalue weighted by molar-refractivity contribution is 6.22. The summed E-state index contributed by atoms with van der Waals surface area (Å²) in [6.45, 7) is 1.44. The van der Waals surface area contributed by atoms with Gasteiger partial charge in [0, 0.05) is 12.6 Å². The summed E-state index contributed by atoms with van der Waals surface area (Å²) in [5, 5.41) is 2.68. The van der Waals surface area contributed by atoms with Gasteiger partial charge in [0.15, 0.2) is 0 Å². The van der Waals surface area contributed by atoms with E-state index in [2.05, 4.69) is 17.5 Å². The minimum atomic E-state index is -0.193. The Kier molecular flexibility index (Phi) is 3.11. The van der Waals surface area contributed by atoms with Crippen LogP contribution >= 0.6 is 0 Å². The molecule has 23 heavy (non-hydrogen) atoms. The van der Waals surface area contributed by atoms with E-state index in [-0.39, 0.29) is 41.4 Å². The summed E-state index contributed by atoms with van der Waals surface area (Å²) in [6.07, 6.45) is 6.22. The fourth-order valence-corrected chi connectivity index (χ4v) is 4.23. The van der Waals surface area contributed by atoms with Crippen LogP contribution in [0.15, 0.2) is 36.4 Å². The lowest BCUT2D eigenvalue weighted by Gasteiger charge is -2.38. The van der Waals surface area contributed by atoms with Crippen LogP contribution in [0.5, 0.6) is 0 Å². The predicted octanol–water partition coefficient (Wildman–Crippen LogP) is 2.35. The normalized spacial score (nSPS) is 31.4. The van der Waals surface area contributed by atoms with Gasteiger partial charge in [-0.15, -0.1) is 0 Å². The molecule has 0 spiro atoms. The first-order valence-electron chi connectivity index (χ1n) is 8.00. The first kappa shape index (κ1) is 14.2. The number of amides is 3. The van der Waals surface area contributed by atoms with Crippen molar-refractivity contribution in [2.75, 3.05) is 10.2 Å². The largest absolute Gasteiger partial charge is 0.326 e. The number of anilines is 2. The van der Waals surface area contributed by atoms with Crippen molar-refractivity contribution in [3.8, 4) is 0 Å². The van der Waals surface area contributed by atoms with Crippen molar-refractivity contribution >= 4 is 29.1 Å². The zero-order chi connectivity index (χ0) is 16.1. The van der Waals surface area contributed by atoms with E-state index >= 15 is 0 Å². The second-order valence-electron chi connectivity index (χ2n) is 6.58. The summed E-state index contributed by atoms with van der Waals surface area (Å²) >= 11 is 0. The van der Waals surface area contributed by atoms with Gasteiger partial charge in [-0.25, -0.2) is 0 Å². The number of imide groups is 1. The molecule has 1 saturated carbocycles. The van der Waals surface area contributed by atoms with E-state index in [0.29, 0.717) is 11.4 Å². The lowest BCUT2D eigenvalue weighted by atomic mass is 9.63. The third kappa shape index (κ3) is 2.11. The van der Waals surface area contributed by atoms with Gasteiger partial charge in [0.1, 0.15) is 0 Å².